The van der Waals surface area contributed by atoms with E-state index in [0.717, 1.165) is 0 Å². The molecule has 0 amide bonds. The maximum Gasteiger partial charge on any atom is 0.403 e. The summed E-state index contributed by atoms with van der Waals surface area (Å²) in [6.07, 6.45) is -2.05. The molecule has 0 aromatic carbocycles. The van der Waals surface area contributed by atoms with Crippen molar-refractivity contribution in [2.75, 3.05) is 6.54 Å². The molecule has 94 valence electrons. The van der Waals surface area contributed by atoms with Gasteiger partial charge in [-0.2, -0.15) is 13.2 Å². The molecule has 0 spiro atoms. The zero-order valence-electron chi connectivity index (χ0n) is 8.61. The maximum atomic E-state index is 12.3. The van der Waals surface area contributed by atoms with Crippen LogP contribution in [0, 0.1) is 5.92 Å². The Morgan fingerprint density at radius 2 is 2.24 bits per heavy atom. The number of hydrogen-bond donors (Lipinski definition) is 2. The normalized spacial score (nSPS) is 13.4. The van der Waals surface area contributed by atoms with Gasteiger partial charge in [0.05, 0.1) is 5.69 Å². The summed E-state index contributed by atoms with van der Waals surface area (Å²) < 4.78 is 36.8. The number of nitrogens with zero attached hydrogens (tertiary/aromatic N) is 2. The van der Waals surface area contributed by atoms with Crippen molar-refractivity contribution in [1.82, 2.24) is 15.3 Å². The van der Waals surface area contributed by atoms with Crippen LogP contribution in [-0.2, 0) is 11.3 Å². The number of halogens is 3. The number of carboxylic acids is 1. The van der Waals surface area contributed by atoms with Gasteiger partial charge < -0.3 is 10.4 Å². The van der Waals surface area contributed by atoms with E-state index >= 15 is 0 Å². The van der Waals surface area contributed by atoms with Crippen LogP contribution in [0.15, 0.2) is 18.6 Å². The minimum Gasteiger partial charge on any atom is -0.481 e. The van der Waals surface area contributed by atoms with Crippen molar-refractivity contribution in [2.45, 2.75) is 12.7 Å². The van der Waals surface area contributed by atoms with Crippen molar-refractivity contribution < 1.29 is 23.1 Å². The van der Waals surface area contributed by atoms with Crippen LogP contribution in [0.5, 0.6) is 0 Å². The van der Waals surface area contributed by atoms with E-state index in [2.05, 4.69) is 15.3 Å². The number of aliphatic carboxylic acids is 1. The lowest BCUT2D eigenvalue weighted by Crippen LogP contribution is -2.38. The van der Waals surface area contributed by atoms with Gasteiger partial charge in [-0.3, -0.25) is 4.79 Å². The van der Waals surface area contributed by atoms with E-state index in [-0.39, 0.29) is 6.54 Å². The van der Waals surface area contributed by atoms with Crippen LogP contribution >= 0.6 is 0 Å². The number of aromatic nitrogens is 2. The number of rotatable bonds is 5. The van der Waals surface area contributed by atoms with Crippen molar-refractivity contribution in [1.29, 1.82) is 0 Å². The molecule has 1 rings (SSSR count). The smallest absolute Gasteiger partial charge is 0.403 e. The highest BCUT2D eigenvalue weighted by molar-refractivity contribution is 5.71. The first-order valence-electron chi connectivity index (χ1n) is 4.66. The van der Waals surface area contributed by atoms with Crippen LogP contribution in [0.25, 0.3) is 0 Å². The van der Waals surface area contributed by atoms with E-state index in [1.807, 2.05) is 0 Å². The van der Waals surface area contributed by atoms with E-state index in [1.165, 1.54) is 18.6 Å². The van der Waals surface area contributed by atoms with Crippen molar-refractivity contribution in [3.8, 4) is 0 Å². The fourth-order valence-corrected chi connectivity index (χ4v) is 1.11. The summed E-state index contributed by atoms with van der Waals surface area (Å²) >= 11 is 0. The number of nitrogens with one attached hydrogen (secondary N) is 1. The lowest BCUT2D eigenvalue weighted by molar-refractivity contribution is -0.192. The Morgan fingerprint density at radius 3 is 2.71 bits per heavy atom. The fourth-order valence-electron chi connectivity index (χ4n) is 1.11. The van der Waals surface area contributed by atoms with Gasteiger partial charge in [0, 0.05) is 19.3 Å². The SMILES string of the molecule is O=C(O)C(CNCc1ccncn1)C(F)(F)F. The molecule has 2 N–H and O–H groups in total. The van der Waals surface area contributed by atoms with Crippen molar-refractivity contribution in [3.63, 3.8) is 0 Å². The first kappa shape index (κ1) is 13.4. The van der Waals surface area contributed by atoms with Crippen LogP contribution in [0.1, 0.15) is 5.69 Å². The summed E-state index contributed by atoms with van der Waals surface area (Å²) in [6.45, 7) is -0.634. The fraction of sp³-hybridized carbons (Fsp3) is 0.444. The molecule has 1 aromatic rings. The second-order valence-corrected chi connectivity index (χ2v) is 3.26. The summed E-state index contributed by atoms with van der Waals surface area (Å²) in [4.78, 5) is 17.8. The van der Waals surface area contributed by atoms with Crippen LogP contribution < -0.4 is 5.32 Å². The molecule has 1 unspecified atom stereocenters. The van der Waals surface area contributed by atoms with Crippen molar-refractivity contribution >= 4 is 5.97 Å². The van der Waals surface area contributed by atoms with Crippen LogP contribution in [0.2, 0.25) is 0 Å². The zero-order chi connectivity index (χ0) is 12.9. The standard InChI is InChI=1S/C9H10F3N3O2/c10-9(11,12)7(8(16)17)4-14-3-6-1-2-13-5-15-6/h1-2,5,7,14H,3-4H2,(H,16,17). The highest BCUT2D eigenvalue weighted by Crippen LogP contribution is 2.25. The second kappa shape index (κ2) is 5.58. The number of carbonyl (C=O) groups is 1. The lowest BCUT2D eigenvalue weighted by Gasteiger charge is -2.16. The summed E-state index contributed by atoms with van der Waals surface area (Å²) in [7, 11) is 0. The Kier molecular flexibility index (Phi) is 4.38. The van der Waals surface area contributed by atoms with Gasteiger partial charge in [-0.05, 0) is 6.07 Å². The maximum absolute atomic E-state index is 12.3. The highest BCUT2D eigenvalue weighted by Gasteiger charge is 2.44. The number of alkyl halides is 3. The molecule has 5 nitrogen and oxygen atoms in total. The Balaban J connectivity index is 2.46. The molecule has 0 saturated carbocycles. The lowest BCUT2D eigenvalue weighted by atomic mass is 10.1. The predicted molar refractivity (Wildman–Crippen MR) is 50.9 cm³/mol. The minimum atomic E-state index is -4.76. The van der Waals surface area contributed by atoms with Gasteiger partial charge in [0.15, 0.2) is 5.92 Å². The van der Waals surface area contributed by atoms with E-state index in [4.69, 9.17) is 5.11 Å². The van der Waals surface area contributed by atoms with E-state index in [0.29, 0.717) is 5.69 Å². The number of carboxylic acid groups (broad SMARTS) is 1. The van der Waals surface area contributed by atoms with Crippen LogP contribution in [-0.4, -0.2) is 33.8 Å². The molecule has 17 heavy (non-hydrogen) atoms. The summed E-state index contributed by atoms with van der Waals surface area (Å²) in [5.41, 5.74) is 0.492. The molecular formula is C9H10F3N3O2. The van der Waals surface area contributed by atoms with Gasteiger partial charge in [0.1, 0.15) is 6.33 Å². The van der Waals surface area contributed by atoms with Crippen LogP contribution in [0.3, 0.4) is 0 Å². The molecule has 0 aliphatic rings. The Hall–Kier alpha value is -1.70. The van der Waals surface area contributed by atoms with Gasteiger partial charge in [-0.15, -0.1) is 0 Å². The molecule has 1 heterocycles. The molecule has 0 saturated heterocycles. The van der Waals surface area contributed by atoms with Gasteiger partial charge in [0.25, 0.3) is 0 Å². The topological polar surface area (TPSA) is 75.1 Å². The van der Waals surface area contributed by atoms with E-state index in [9.17, 15) is 18.0 Å². The monoisotopic (exact) mass is 249 g/mol. The first-order chi connectivity index (χ1) is 7.91. The predicted octanol–water partition coefficient (Wildman–Crippen LogP) is 0.829. The third-order valence-corrected chi connectivity index (χ3v) is 1.99. The van der Waals surface area contributed by atoms with Gasteiger partial charge in [-0.1, -0.05) is 0 Å². The largest absolute Gasteiger partial charge is 0.481 e. The molecule has 0 aliphatic heterocycles. The quantitative estimate of drug-likeness (QED) is 0.808. The third-order valence-electron chi connectivity index (χ3n) is 1.99. The zero-order valence-corrected chi connectivity index (χ0v) is 8.61. The summed E-state index contributed by atoms with van der Waals surface area (Å²) in [6, 6.07) is 1.52. The van der Waals surface area contributed by atoms with E-state index < -0.39 is 24.6 Å². The van der Waals surface area contributed by atoms with Crippen molar-refractivity contribution in [3.05, 3.63) is 24.3 Å². The average Bonchev–Trinajstić information content (AvgIpc) is 2.23. The highest BCUT2D eigenvalue weighted by atomic mass is 19.4. The molecule has 0 fully saturated rings. The van der Waals surface area contributed by atoms with Crippen LogP contribution in [0.4, 0.5) is 13.2 Å². The molecule has 0 aliphatic carbocycles. The summed E-state index contributed by atoms with van der Waals surface area (Å²) in [5, 5.41) is 10.8. The first-order valence-corrected chi connectivity index (χ1v) is 4.66. The molecule has 0 radical (unpaired) electrons. The third kappa shape index (κ3) is 4.35. The Bertz CT molecular complexity index is 369. The Labute approximate surface area is 94.7 Å². The number of hydrogen-bond acceptors (Lipinski definition) is 4. The van der Waals surface area contributed by atoms with Crippen molar-refractivity contribution in [2.24, 2.45) is 5.92 Å². The average molecular weight is 249 g/mol. The molecule has 1 atom stereocenters. The van der Waals surface area contributed by atoms with Gasteiger partial charge in [-0.25, -0.2) is 9.97 Å². The molecule has 0 bridgehead atoms. The molecule has 1 aromatic heterocycles. The minimum absolute atomic E-state index is 0.0579. The second-order valence-electron chi connectivity index (χ2n) is 3.26. The van der Waals surface area contributed by atoms with Gasteiger partial charge in [0.2, 0.25) is 0 Å². The van der Waals surface area contributed by atoms with E-state index in [1.54, 1.807) is 0 Å². The molecular weight excluding hydrogens is 239 g/mol. The van der Waals surface area contributed by atoms with Gasteiger partial charge >= 0.3 is 12.1 Å². The Morgan fingerprint density at radius 1 is 1.53 bits per heavy atom. The molecule has 8 heteroatoms. The summed E-state index contributed by atoms with van der Waals surface area (Å²) in [5.74, 6) is -4.31.